The van der Waals surface area contributed by atoms with Crippen molar-refractivity contribution in [2.24, 2.45) is 22.7 Å². The summed E-state index contributed by atoms with van der Waals surface area (Å²) < 4.78 is 5.45. The highest BCUT2D eigenvalue weighted by Crippen LogP contribution is 2.48. The van der Waals surface area contributed by atoms with Gasteiger partial charge in [0.05, 0.1) is 0 Å². The Hall–Kier alpha value is -0.0400. The van der Waals surface area contributed by atoms with E-state index in [0.717, 1.165) is 25.0 Å². The summed E-state index contributed by atoms with van der Waals surface area (Å²) in [6.45, 7) is 16.3. The highest BCUT2D eigenvalue weighted by atomic mass is 16.5. The Morgan fingerprint density at radius 1 is 1.00 bits per heavy atom. The number of hydrogen-bond donors (Lipinski definition) is 0. The summed E-state index contributed by atoms with van der Waals surface area (Å²) in [7, 11) is 0. The van der Waals surface area contributed by atoms with Gasteiger partial charge in [-0.2, -0.15) is 0 Å². The monoisotopic (exact) mass is 212 g/mol. The van der Waals surface area contributed by atoms with Gasteiger partial charge in [0.25, 0.3) is 0 Å². The lowest BCUT2D eigenvalue weighted by Crippen LogP contribution is -2.40. The molecule has 0 bridgehead atoms. The second-order valence-electron chi connectivity index (χ2n) is 6.71. The van der Waals surface area contributed by atoms with Crippen LogP contribution in [0.15, 0.2) is 0 Å². The standard InChI is InChI=1S/C14H28O/c1-11(12-7-9-15-10-8-12)14(5,6)13(2,3)4/h11-12H,7-10H2,1-6H3. The quantitative estimate of drug-likeness (QED) is 0.669. The highest BCUT2D eigenvalue weighted by molar-refractivity contribution is 4.90. The van der Waals surface area contributed by atoms with Gasteiger partial charge in [0.15, 0.2) is 0 Å². The fourth-order valence-electron chi connectivity index (χ4n) is 2.49. The molecule has 90 valence electrons. The van der Waals surface area contributed by atoms with Crippen LogP contribution in [0, 0.1) is 22.7 Å². The SMILES string of the molecule is CC(C1CCOCC1)C(C)(C)C(C)(C)C. The summed E-state index contributed by atoms with van der Waals surface area (Å²) >= 11 is 0. The number of ether oxygens (including phenoxy) is 1. The zero-order chi connectivity index (χ0) is 11.7. The van der Waals surface area contributed by atoms with Crippen molar-refractivity contribution < 1.29 is 4.74 Å². The minimum absolute atomic E-state index is 0.380. The first kappa shape index (κ1) is 13.0. The molecule has 1 nitrogen and oxygen atoms in total. The van der Waals surface area contributed by atoms with Crippen LogP contribution < -0.4 is 0 Å². The van der Waals surface area contributed by atoms with Crippen LogP contribution in [0.25, 0.3) is 0 Å². The van der Waals surface area contributed by atoms with Gasteiger partial charge in [-0.25, -0.2) is 0 Å². The molecule has 1 heteroatoms. The van der Waals surface area contributed by atoms with E-state index < -0.39 is 0 Å². The maximum absolute atomic E-state index is 5.45. The fraction of sp³-hybridized carbons (Fsp3) is 1.00. The molecule has 1 heterocycles. The lowest BCUT2D eigenvalue weighted by Gasteiger charge is -2.47. The first-order valence-electron chi connectivity index (χ1n) is 6.34. The van der Waals surface area contributed by atoms with E-state index in [0.29, 0.717) is 10.8 Å². The van der Waals surface area contributed by atoms with Gasteiger partial charge >= 0.3 is 0 Å². The molecule has 1 unspecified atom stereocenters. The van der Waals surface area contributed by atoms with Gasteiger partial charge in [-0.05, 0) is 35.5 Å². The smallest absolute Gasteiger partial charge is 0.0468 e. The minimum atomic E-state index is 0.380. The van der Waals surface area contributed by atoms with Gasteiger partial charge in [-0.15, -0.1) is 0 Å². The van der Waals surface area contributed by atoms with Crippen LogP contribution in [-0.4, -0.2) is 13.2 Å². The van der Waals surface area contributed by atoms with Gasteiger partial charge in [0.2, 0.25) is 0 Å². The van der Waals surface area contributed by atoms with Crippen LogP contribution in [0.4, 0.5) is 0 Å². The molecule has 0 aromatic heterocycles. The Bertz CT molecular complexity index is 194. The van der Waals surface area contributed by atoms with Crippen molar-refractivity contribution >= 4 is 0 Å². The maximum Gasteiger partial charge on any atom is 0.0468 e. The molecule has 0 saturated carbocycles. The molecule has 0 N–H and O–H groups in total. The molecule has 0 aromatic carbocycles. The molecular weight excluding hydrogens is 184 g/mol. The van der Waals surface area contributed by atoms with Crippen molar-refractivity contribution in [2.75, 3.05) is 13.2 Å². The van der Waals surface area contributed by atoms with E-state index in [1.807, 2.05) is 0 Å². The summed E-state index contributed by atoms with van der Waals surface area (Å²) in [5.74, 6) is 1.63. The predicted octanol–water partition coefficient (Wildman–Crippen LogP) is 4.12. The topological polar surface area (TPSA) is 9.23 Å². The first-order chi connectivity index (χ1) is 6.77. The maximum atomic E-state index is 5.45. The second kappa shape index (κ2) is 4.45. The molecule has 1 aliphatic rings. The third-order valence-corrected chi connectivity index (χ3v) is 5.04. The van der Waals surface area contributed by atoms with Crippen LogP contribution in [0.2, 0.25) is 0 Å². The lowest BCUT2D eigenvalue weighted by atomic mass is 9.58. The Kier molecular flexibility index (Phi) is 3.86. The normalized spacial score (nSPS) is 22.8. The number of rotatable bonds is 2. The highest BCUT2D eigenvalue weighted by Gasteiger charge is 2.41. The minimum Gasteiger partial charge on any atom is -0.381 e. The lowest BCUT2D eigenvalue weighted by molar-refractivity contribution is -0.0185. The molecule has 1 atom stereocenters. The molecule has 1 aliphatic heterocycles. The molecule has 0 spiro atoms. The Morgan fingerprint density at radius 3 is 1.87 bits per heavy atom. The molecule has 1 saturated heterocycles. The van der Waals surface area contributed by atoms with E-state index in [9.17, 15) is 0 Å². The van der Waals surface area contributed by atoms with E-state index in [1.165, 1.54) is 12.8 Å². The van der Waals surface area contributed by atoms with E-state index in [4.69, 9.17) is 4.74 Å². The van der Waals surface area contributed by atoms with Crippen LogP contribution >= 0.6 is 0 Å². The van der Waals surface area contributed by atoms with E-state index in [2.05, 4.69) is 41.5 Å². The van der Waals surface area contributed by atoms with Crippen LogP contribution in [-0.2, 0) is 4.74 Å². The first-order valence-corrected chi connectivity index (χ1v) is 6.34. The van der Waals surface area contributed by atoms with Crippen molar-refractivity contribution in [3.8, 4) is 0 Å². The van der Waals surface area contributed by atoms with E-state index in [1.54, 1.807) is 0 Å². The number of hydrogen-bond acceptors (Lipinski definition) is 1. The van der Waals surface area contributed by atoms with E-state index in [-0.39, 0.29) is 0 Å². The average molecular weight is 212 g/mol. The summed E-state index contributed by atoms with van der Waals surface area (Å²) in [5, 5.41) is 0. The summed E-state index contributed by atoms with van der Waals surface area (Å²) in [6, 6.07) is 0. The van der Waals surface area contributed by atoms with Gasteiger partial charge in [0, 0.05) is 13.2 Å². The average Bonchev–Trinajstić information content (AvgIpc) is 2.16. The van der Waals surface area contributed by atoms with Crippen LogP contribution in [0.5, 0.6) is 0 Å². The fourth-order valence-corrected chi connectivity index (χ4v) is 2.49. The Balaban J connectivity index is 2.69. The molecule has 1 fully saturated rings. The van der Waals surface area contributed by atoms with Gasteiger partial charge in [0.1, 0.15) is 0 Å². The molecule has 0 aliphatic carbocycles. The summed E-state index contributed by atoms with van der Waals surface area (Å²) in [4.78, 5) is 0. The molecular formula is C14H28O. The molecule has 15 heavy (non-hydrogen) atoms. The summed E-state index contributed by atoms with van der Waals surface area (Å²) in [6.07, 6.45) is 2.50. The van der Waals surface area contributed by atoms with Gasteiger partial charge in [-0.1, -0.05) is 41.5 Å². The van der Waals surface area contributed by atoms with E-state index >= 15 is 0 Å². The zero-order valence-corrected chi connectivity index (χ0v) is 11.4. The molecule has 0 amide bonds. The van der Waals surface area contributed by atoms with Crippen molar-refractivity contribution in [2.45, 2.75) is 54.4 Å². The van der Waals surface area contributed by atoms with Crippen molar-refractivity contribution in [1.82, 2.24) is 0 Å². The van der Waals surface area contributed by atoms with Crippen LogP contribution in [0.3, 0.4) is 0 Å². The third-order valence-electron chi connectivity index (χ3n) is 5.04. The summed E-state index contributed by atoms with van der Waals surface area (Å²) in [5.41, 5.74) is 0.778. The zero-order valence-electron chi connectivity index (χ0n) is 11.4. The molecule has 0 aromatic rings. The van der Waals surface area contributed by atoms with Crippen molar-refractivity contribution in [1.29, 1.82) is 0 Å². The Labute approximate surface area is 95.6 Å². The molecule has 0 radical (unpaired) electrons. The van der Waals surface area contributed by atoms with Crippen molar-refractivity contribution in [3.63, 3.8) is 0 Å². The van der Waals surface area contributed by atoms with Crippen molar-refractivity contribution in [3.05, 3.63) is 0 Å². The largest absolute Gasteiger partial charge is 0.381 e. The van der Waals surface area contributed by atoms with Crippen LogP contribution in [0.1, 0.15) is 54.4 Å². The van der Waals surface area contributed by atoms with Gasteiger partial charge < -0.3 is 4.74 Å². The molecule has 1 rings (SSSR count). The third kappa shape index (κ3) is 2.75. The predicted molar refractivity (Wildman–Crippen MR) is 65.9 cm³/mol. The Morgan fingerprint density at radius 2 is 1.47 bits per heavy atom. The van der Waals surface area contributed by atoms with Gasteiger partial charge in [-0.3, -0.25) is 0 Å². The second-order valence-corrected chi connectivity index (χ2v) is 6.71.